The molecule has 0 unspecified atom stereocenters. The van der Waals surface area contributed by atoms with Crippen molar-refractivity contribution in [1.29, 1.82) is 0 Å². The number of carbonyl (C=O) groups excluding carboxylic acids is 1. The molecule has 0 aliphatic rings. The molecule has 0 aromatic heterocycles. The smallest absolute Gasteiger partial charge is 0.416 e. The summed E-state index contributed by atoms with van der Waals surface area (Å²) in [5.41, 5.74) is 1.12. The van der Waals surface area contributed by atoms with Crippen LogP contribution in [0.3, 0.4) is 0 Å². The SMILES string of the molecule is CCN(CC)c1ccc(/C=N/NC(=O)Cc2ccc(C(F)(F)F)cc2[N+](=O)[O-])c(O)c1. The maximum atomic E-state index is 12.8. The minimum absolute atomic E-state index is 0.0548. The van der Waals surface area contributed by atoms with Crippen LogP contribution in [0.5, 0.6) is 5.75 Å². The van der Waals surface area contributed by atoms with Gasteiger partial charge in [-0.1, -0.05) is 6.07 Å². The molecule has 11 heteroatoms. The number of hydrogen-bond donors (Lipinski definition) is 2. The maximum absolute atomic E-state index is 12.8. The van der Waals surface area contributed by atoms with Crippen molar-refractivity contribution in [2.75, 3.05) is 18.0 Å². The highest BCUT2D eigenvalue weighted by atomic mass is 19.4. The summed E-state index contributed by atoms with van der Waals surface area (Å²) in [6.45, 7) is 5.48. The average molecular weight is 438 g/mol. The van der Waals surface area contributed by atoms with E-state index in [4.69, 9.17) is 0 Å². The van der Waals surface area contributed by atoms with Gasteiger partial charge in [-0.3, -0.25) is 14.9 Å². The first-order valence-electron chi connectivity index (χ1n) is 9.31. The van der Waals surface area contributed by atoms with Gasteiger partial charge in [0.2, 0.25) is 5.91 Å². The Kier molecular flexibility index (Phi) is 7.56. The molecule has 0 fully saturated rings. The van der Waals surface area contributed by atoms with Gasteiger partial charge < -0.3 is 10.0 Å². The molecule has 0 heterocycles. The van der Waals surface area contributed by atoms with Crippen LogP contribution in [0.2, 0.25) is 0 Å². The standard InChI is InChI=1S/C20H21F3N4O4/c1-3-26(4-2)16-8-6-14(18(28)11-16)12-24-25-19(29)9-13-5-7-15(20(21,22)23)10-17(13)27(30)31/h5-8,10-12,28H,3-4,9H2,1-2H3,(H,25,29)/b24-12+. The molecule has 0 bridgehead atoms. The second kappa shape index (κ2) is 9.92. The summed E-state index contributed by atoms with van der Waals surface area (Å²) in [6.07, 6.45) is -4.09. The largest absolute Gasteiger partial charge is 0.507 e. The molecule has 166 valence electrons. The van der Waals surface area contributed by atoms with Gasteiger partial charge >= 0.3 is 6.18 Å². The normalized spacial score (nSPS) is 11.5. The molecule has 0 saturated heterocycles. The topological polar surface area (TPSA) is 108 Å². The number of rotatable bonds is 8. The monoisotopic (exact) mass is 438 g/mol. The van der Waals surface area contributed by atoms with Crippen LogP contribution >= 0.6 is 0 Å². The molecule has 31 heavy (non-hydrogen) atoms. The Hall–Kier alpha value is -3.63. The first-order valence-corrected chi connectivity index (χ1v) is 9.31. The van der Waals surface area contributed by atoms with E-state index in [2.05, 4.69) is 10.5 Å². The van der Waals surface area contributed by atoms with Crippen molar-refractivity contribution in [3.8, 4) is 5.75 Å². The van der Waals surface area contributed by atoms with Gasteiger partial charge in [0.15, 0.2) is 0 Å². The zero-order valence-corrected chi connectivity index (χ0v) is 16.8. The predicted molar refractivity (Wildman–Crippen MR) is 109 cm³/mol. The number of hydrogen-bond acceptors (Lipinski definition) is 6. The lowest BCUT2D eigenvalue weighted by Crippen LogP contribution is -2.21. The van der Waals surface area contributed by atoms with E-state index in [-0.39, 0.29) is 11.3 Å². The average Bonchev–Trinajstić information content (AvgIpc) is 2.69. The second-order valence-electron chi connectivity index (χ2n) is 6.48. The van der Waals surface area contributed by atoms with E-state index < -0.39 is 34.7 Å². The summed E-state index contributed by atoms with van der Waals surface area (Å²) >= 11 is 0. The van der Waals surface area contributed by atoms with E-state index in [9.17, 15) is 33.2 Å². The third kappa shape index (κ3) is 6.17. The van der Waals surface area contributed by atoms with Crippen LogP contribution in [0.15, 0.2) is 41.5 Å². The van der Waals surface area contributed by atoms with Gasteiger partial charge in [-0.2, -0.15) is 18.3 Å². The third-order valence-corrected chi connectivity index (χ3v) is 4.50. The quantitative estimate of drug-likeness (QED) is 0.370. The fourth-order valence-electron chi connectivity index (χ4n) is 2.87. The van der Waals surface area contributed by atoms with Crippen LogP contribution in [-0.2, 0) is 17.4 Å². The number of anilines is 1. The Morgan fingerprint density at radius 1 is 1.23 bits per heavy atom. The maximum Gasteiger partial charge on any atom is 0.416 e. The van der Waals surface area contributed by atoms with Crippen LogP contribution in [0.4, 0.5) is 24.5 Å². The molecule has 0 aliphatic carbocycles. The summed E-state index contributed by atoms with van der Waals surface area (Å²) in [4.78, 5) is 24.2. The van der Waals surface area contributed by atoms with E-state index in [1.54, 1.807) is 18.2 Å². The van der Waals surface area contributed by atoms with Crippen molar-refractivity contribution in [2.24, 2.45) is 5.10 Å². The molecular weight excluding hydrogens is 417 g/mol. The first kappa shape index (κ1) is 23.6. The van der Waals surface area contributed by atoms with Gasteiger partial charge in [-0.15, -0.1) is 0 Å². The predicted octanol–water partition coefficient (Wildman–Crippen LogP) is 3.86. The molecule has 2 aromatic carbocycles. The molecule has 0 radical (unpaired) electrons. The first-order chi connectivity index (χ1) is 14.6. The number of benzene rings is 2. The third-order valence-electron chi connectivity index (χ3n) is 4.50. The number of halogens is 3. The number of carbonyl (C=O) groups is 1. The zero-order chi connectivity index (χ0) is 23.2. The number of nitro benzene ring substituents is 1. The Bertz CT molecular complexity index is 989. The fourth-order valence-corrected chi connectivity index (χ4v) is 2.87. The van der Waals surface area contributed by atoms with E-state index in [1.807, 2.05) is 18.7 Å². The van der Waals surface area contributed by atoms with Crippen LogP contribution in [-0.4, -0.2) is 35.2 Å². The molecule has 0 saturated carbocycles. The summed E-state index contributed by atoms with van der Waals surface area (Å²) in [5.74, 6) is -0.820. The Morgan fingerprint density at radius 3 is 2.45 bits per heavy atom. The Morgan fingerprint density at radius 2 is 1.90 bits per heavy atom. The fraction of sp³-hybridized carbons (Fsp3) is 0.300. The van der Waals surface area contributed by atoms with Gasteiger partial charge in [-0.25, -0.2) is 5.43 Å². The number of nitrogens with one attached hydrogen (secondary N) is 1. The lowest BCUT2D eigenvalue weighted by molar-refractivity contribution is -0.385. The number of nitrogens with zero attached hydrogens (tertiary/aromatic N) is 3. The molecule has 2 rings (SSSR count). The van der Waals surface area contributed by atoms with Crippen LogP contribution in [0, 0.1) is 10.1 Å². The number of phenols is 1. The Balaban J connectivity index is 2.08. The van der Waals surface area contributed by atoms with Crippen LogP contribution in [0.1, 0.15) is 30.5 Å². The van der Waals surface area contributed by atoms with Gasteiger partial charge in [0, 0.05) is 42.0 Å². The minimum atomic E-state index is -4.74. The molecule has 2 aromatic rings. The van der Waals surface area contributed by atoms with Crippen LogP contribution < -0.4 is 10.3 Å². The van der Waals surface area contributed by atoms with Gasteiger partial charge in [0.1, 0.15) is 5.75 Å². The van der Waals surface area contributed by atoms with E-state index >= 15 is 0 Å². The number of alkyl halides is 3. The van der Waals surface area contributed by atoms with Crippen molar-refractivity contribution in [3.05, 3.63) is 63.2 Å². The van der Waals surface area contributed by atoms with Crippen molar-refractivity contribution in [1.82, 2.24) is 5.43 Å². The summed E-state index contributed by atoms with van der Waals surface area (Å²) in [5, 5.41) is 24.9. The second-order valence-corrected chi connectivity index (χ2v) is 6.48. The minimum Gasteiger partial charge on any atom is -0.507 e. The van der Waals surface area contributed by atoms with Crippen molar-refractivity contribution in [2.45, 2.75) is 26.4 Å². The summed E-state index contributed by atoms with van der Waals surface area (Å²) in [6, 6.07) is 6.90. The van der Waals surface area contributed by atoms with Crippen molar-refractivity contribution in [3.63, 3.8) is 0 Å². The number of amides is 1. The van der Waals surface area contributed by atoms with E-state index in [0.717, 1.165) is 24.8 Å². The van der Waals surface area contributed by atoms with Gasteiger partial charge in [-0.05, 0) is 32.0 Å². The molecule has 0 spiro atoms. The van der Waals surface area contributed by atoms with E-state index in [0.29, 0.717) is 17.7 Å². The lowest BCUT2D eigenvalue weighted by atomic mass is 10.1. The van der Waals surface area contributed by atoms with Crippen LogP contribution in [0.25, 0.3) is 0 Å². The summed E-state index contributed by atoms with van der Waals surface area (Å²) < 4.78 is 38.3. The highest BCUT2D eigenvalue weighted by Gasteiger charge is 2.33. The highest BCUT2D eigenvalue weighted by molar-refractivity contribution is 5.86. The van der Waals surface area contributed by atoms with Crippen molar-refractivity contribution >= 4 is 23.5 Å². The number of hydrazone groups is 1. The van der Waals surface area contributed by atoms with Crippen molar-refractivity contribution < 1.29 is 28.0 Å². The molecule has 8 nitrogen and oxygen atoms in total. The molecule has 0 aliphatic heterocycles. The molecular formula is C20H21F3N4O4. The van der Waals surface area contributed by atoms with E-state index in [1.165, 1.54) is 6.21 Å². The zero-order valence-electron chi connectivity index (χ0n) is 16.8. The Labute approximate surface area is 176 Å². The molecule has 1 amide bonds. The number of aromatic hydroxyl groups is 1. The lowest BCUT2D eigenvalue weighted by Gasteiger charge is -2.21. The van der Waals surface area contributed by atoms with Gasteiger partial charge in [0.05, 0.1) is 23.1 Å². The molecule has 0 atom stereocenters. The number of nitro groups is 1. The highest BCUT2D eigenvalue weighted by Crippen LogP contribution is 2.33. The summed E-state index contributed by atoms with van der Waals surface area (Å²) in [7, 11) is 0. The van der Waals surface area contributed by atoms with Gasteiger partial charge in [0.25, 0.3) is 5.69 Å². The number of phenolic OH excluding ortho intramolecular Hbond substituents is 1. The molecule has 2 N–H and O–H groups in total.